The Hall–Kier alpha value is -1.10. The number of nitrogens with two attached hydrogens (primary N) is 1. The fourth-order valence-corrected chi connectivity index (χ4v) is 2.26. The first-order chi connectivity index (χ1) is 8.12. The van der Waals surface area contributed by atoms with Crippen LogP contribution in [-0.2, 0) is 0 Å². The van der Waals surface area contributed by atoms with Gasteiger partial charge in [-0.1, -0.05) is 6.92 Å². The number of halogens is 1. The molecule has 1 aromatic rings. The Kier molecular flexibility index (Phi) is 5.41. The van der Waals surface area contributed by atoms with Gasteiger partial charge in [-0.05, 0) is 12.7 Å². The summed E-state index contributed by atoms with van der Waals surface area (Å²) in [5.41, 5.74) is 6.38. The van der Waals surface area contributed by atoms with E-state index in [2.05, 4.69) is 12.2 Å². The van der Waals surface area contributed by atoms with Crippen molar-refractivity contribution in [1.82, 2.24) is 0 Å². The number of hydrogen-bond donors (Lipinski definition) is 2. The summed E-state index contributed by atoms with van der Waals surface area (Å²) in [6.45, 7) is 2.07. The van der Waals surface area contributed by atoms with Crippen molar-refractivity contribution < 1.29 is 9.13 Å². The van der Waals surface area contributed by atoms with Crippen LogP contribution in [0.1, 0.15) is 13.3 Å². The van der Waals surface area contributed by atoms with Crippen molar-refractivity contribution in [3.63, 3.8) is 0 Å². The van der Waals surface area contributed by atoms with Gasteiger partial charge < -0.3 is 15.8 Å². The SMILES string of the molecule is CCC(CSC)Nc1cc(OC)c(N)cc1F. The summed E-state index contributed by atoms with van der Waals surface area (Å²) in [6.07, 6.45) is 2.97. The van der Waals surface area contributed by atoms with Gasteiger partial charge in [-0.3, -0.25) is 0 Å². The molecule has 17 heavy (non-hydrogen) atoms. The van der Waals surface area contributed by atoms with Crippen molar-refractivity contribution in [2.75, 3.05) is 30.2 Å². The van der Waals surface area contributed by atoms with Gasteiger partial charge in [0, 0.05) is 23.9 Å². The highest BCUT2D eigenvalue weighted by atomic mass is 32.2. The van der Waals surface area contributed by atoms with E-state index in [4.69, 9.17) is 10.5 Å². The van der Waals surface area contributed by atoms with Crippen LogP contribution in [0.4, 0.5) is 15.8 Å². The number of ether oxygens (including phenoxy) is 1. The Morgan fingerprint density at radius 1 is 1.53 bits per heavy atom. The highest BCUT2D eigenvalue weighted by Crippen LogP contribution is 2.29. The molecule has 0 amide bonds. The molecule has 1 unspecified atom stereocenters. The van der Waals surface area contributed by atoms with E-state index < -0.39 is 0 Å². The molecule has 0 aliphatic carbocycles. The highest BCUT2D eigenvalue weighted by molar-refractivity contribution is 7.98. The predicted molar refractivity (Wildman–Crippen MR) is 73.4 cm³/mol. The minimum Gasteiger partial charge on any atom is -0.495 e. The Labute approximate surface area is 106 Å². The Bertz CT molecular complexity index is 374. The summed E-state index contributed by atoms with van der Waals surface area (Å²) in [5.74, 6) is 1.08. The third kappa shape index (κ3) is 3.70. The van der Waals surface area contributed by atoms with Crippen molar-refractivity contribution in [2.45, 2.75) is 19.4 Å². The lowest BCUT2D eigenvalue weighted by Crippen LogP contribution is -2.21. The zero-order valence-corrected chi connectivity index (χ0v) is 11.2. The fraction of sp³-hybridized carbons (Fsp3) is 0.500. The number of nitrogens with one attached hydrogen (secondary N) is 1. The zero-order chi connectivity index (χ0) is 12.8. The standard InChI is InChI=1S/C12H19FN2OS/c1-4-8(7-17-3)15-11-6-12(16-2)10(14)5-9(11)13/h5-6,8,15H,4,7,14H2,1-3H3. The van der Waals surface area contributed by atoms with Gasteiger partial charge in [-0.2, -0.15) is 11.8 Å². The van der Waals surface area contributed by atoms with Crippen molar-refractivity contribution in [3.05, 3.63) is 17.9 Å². The van der Waals surface area contributed by atoms with Crippen LogP contribution in [0.2, 0.25) is 0 Å². The summed E-state index contributed by atoms with van der Waals surface area (Å²) in [7, 11) is 1.52. The normalized spacial score (nSPS) is 12.2. The van der Waals surface area contributed by atoms with Crippen LogP contribution >= 0.6 is 11.8 Å². The number of nitrogen functional groups attached to an aromatic ring is 1. The summed E-state index contributed by atoms with van der Waals surface area (Å²) in [5, 5.41) is 3.17. The summed E-state index contributed by atoms with van der Waals surface area (Å²) in [6, 6.07) is 3.13. The highest BCUT2D eigenvalue weighted by Gasteiger charge is 2.12. The fourth-order valence-electron chi connectivity index (χ4n) is 1.54. The average molecular weight is 258 g/mol. The topological polar surface area (TPSA) is 47.3 Å². The van der Waals surface area contributed by atoms with Crippen LogP contribution < -0.4 is 15.8 Å². The molecule has 0 radical (unpaired) electrons. The summed E-state index contributed by atoms with van der Waals surface area (Å²) in [4.78, 5) is 0. The van der Waals surface area contributed by atoms with Crippen LogP contribution in [0, 0.1) is 5.82 Å². The minimum atomic E-state index is -0.345. The Morgan fingerprint density at radius 3 is 2.76 bits per heavy atom. The van der Waals surface area contributed by atoms with Gasteiger partial charge in [0.15, 0.2) is 0 Å². The quantitative estimate of drug-likeness (QED) is 0.770. The second-order valence-electron chi connectivity index (χ2n) is 3.78. The smallest absolute Gasteiger partial charge is 0.148 e. The zero-order valence-electron chi connectivity index (χ0n) is 10.4. The number of thioether (sulfide) groups is 1. The maximum absolute atomic E-state index is 13.7. The van der Waals surface area contributed by atoms with Crippen LogP contribution in [0.3, 0.4) is 0 Å². The number of anilines is 2. The maximum atomic E-state index is 13.7. The van der Waals surface area contributed by atoms with Crippen LogP contribution in [0.15, 0.2) is 12.1 Å². The molecule has 0 heterocycles. The molecule has 5 heteroatoms. The first-order valence-corrected chi connectivity index (χ1v) is 6.90. The molecular formula is C12H19FN2OS. The first-order valence-electron chi connectivity index (χ1n) is 5.50. The molecule has 0 saturated carbocycles. The second kappa shape index (κ2) is 6.59. The van der Waals surface area contributed by atoms with Crippen molar-refractivity contribution in [2.24, 2.45) is 0 Å². The molecule has 1 aromatic carbocycles. The van der Waals surface area contributed by atoms with Gasteiger partial charge in [-0.15, -0.1) is 0 Å². The van der Waals surface area contributed by atoms with E-state index in [1.807, 2.05) is 6.26 Å². The molecule has 0 bridgehead atoms. The van der Waals surface area contributed by atoms with Gasteiger partial charge in [0.05, 0.1) is 18.5 Å². The Balaban J connectivity index is 2.89. The van der Waals surface area contributed by atoms with Gasteiger partial charge in [-0.25, -0.2) is 4.39 Å². The molecule has 1 rings (SSSR count). The van der Waals surface area contributed by atoms with Crippen molar-refractivity contribution in [3.8, 4) is 5.75 Å². The van der Waals surface area contributed by atoms with Gasteiger partial charge in [0.2, 0.25) is 0 Å². The van der Waals surface area contributed by atoms with E-state index in [9.17, 15) is 4.39 Å². The van der Waals surface area contributed by atoms with Gasteiger partial charge >= 0.3 is 0 Å². The van der Waals surface area contributed by atoms with E-state index in [1.54, 1.807) is 17.8 Å². The molecule has 3 N–H and O–H groups in total. The third-order valence-corrected chi connectivity index (χ3v) is 3.28. The molecular weight excluding hydrogens is 239 g/mol. The lowest BCUT2D eigenvalue weighted by molar-refractivity contribution is 0.416. The van der Waals surface area contributed by atoms with Crippen molar-refractivity contribution >= 4 is 23.1 Å². The van der Waals surface area contributed by atoms with E-state index in [0.717, 1.165) is 12.2 Å². The predicted octanol–water partition coefficient (Wildman–Crippen LogP) is 2.97. The molecule has 0 aliphatic heterocycles. The molecule has 0 saturated heterocycles. The molecule has 0 fully saturated rings. The summed E-state index contributed by atoms with van der Waals surface area (Å²) >= 11 is 1.73. The molecule has 0 spiro atoms. The molecule has 1 atom stereocenters. The average Bonchev–Trinajstić information content (AvgIpc) is 2.31. The Morgan fingerprint density at radius 2 is 2.24 bits per heavy atom. The monoisotopic (exact) mass is 258 g/mol. The van der Waals surface area contributed by atoms with E-state index in [0.29, 0.717) is 17.1 Å². The largest absolute Gasteiger partial charge is 0.495 e. The lowest BCUT2D eigenvalue weighted by atomic mass is 10.2. The van der Waals surface area contributed by atoms with Crippen LogP contribution in [-0.4, -0.2) is 25.2 Å². The van der Waals surface area contributed by atoms with Crippen molar-refractivity contribution in [1.29, 1.82) is 0 Å². The number of rotatable bonds is 6. The lowest BCUT2D eigenvalue weighted by Gasteiger charge is -2.18. The number of benzene rings is 1. The number of hydrogen-bond acceptors (Lipinski definition) is 4. The maximum Gasteiger partial charge on any atom is 0.148 e. The van der Waals surface area contributed by atoms with Crippen LogP contribution in [0.5, 0.6) is 5.75 Å². The van der Waals surface area contributed by atoms with Crippen LogP contribution in [0.25, 0.3) is 0 Å². The molecule has 0 aromatic heterocycles. The van der Waals surface area contributed by atoms with E-state index in [1.165, 1.54) is 13.2 Å². The van der Waals surface area contributed by atoms with E-state index >= 15 is 0 Å². The first kappa shape index (κ1) is 14.0. The summed E-state index contributed by atoms with van der Waals surface area (Å²) < 4.78 is 18.8. The van der Waals surface area contributed by atoms with E-state index in [-0.39, 0.29) is 11.9 Å². The second-order valence-corrected chi connectivity index (χ2v) is 4.69. The minimum absolute atomic E-state index is 0.243. The molecule has 96 valence electrons. The third-order valence-electron chi connectivity index (χ3n) is 2.54. The van der Waals surface area contributed by atoms with Gasteiger partial charge in [0.1, 0.15) is 11.6 Å². The number of methoxy groups -OCH3 is 1. The molecule has 0 aliphatic rings. The molecule has 3 nitrogen and oxygen atoms in total. The van der Waals surface area contributed by atoms with Gasteiger partial charge in [0.25, 0.3) is 0 Å².